The molecule has 17 heavy (non-hydrogen) atoms. The highest BCUT2D eigenvalue weighted by Gasteiger charge is 2.00. The van der Waals surface area contributed by atoms with E-state index in [2.05, 4.69) is 29.8 Å². The van der Waals surface area contributed by atoms with Gasteiger partial charge in [0.2, 0.25) is 0 Å². The molecule has 0 radical (unpaired) electrons. The molecule has 0 saturated carbocycles. The Balaban J connectivity index is 2.37. The fourth-order valence-electron chi connectivity index (χ4n) is 1.68. The van der Waals surface area contributed by atoms with Crippen molar-refractivity contribution in [1.82, 2.24) is 0 Å². The molecule has 1 aliphatic heterocycles. The molecule has 0 atom stereocenters. The van der Waals surface area contributed by atoms with Gasteiger partial charge in [0.25, 0.3) is 0 Å². The number of hydrogen-bond donors (Lipinski definition) is 0. The molecule has 1 aromatic rings. The lowest BCUT2D eigenvalue weighted by molar-refractivity contribution is 1.28. The van der Waals surface area contributed by atoms with E-state index in [9.17, 15) is 0 Å². The molecule has 84 valence electrons. The van der Waals surface area contributed by atoms with Gasteiger partial charge in [0.05, 0.1) is 0 Å². The van der Waals surface area contributed by atoms with Crippen molar-refractivity contribution in [3.05, 3.63) is 78.0 Å². The van der Waals surface area contributed by atoms with E-state index in [1.54, 1.807) is 0 Å². The Morgan fingerprint density at radius 3 is 2.65 bits per heavy atom. The predicted molar refractivity (Wildman–Crippen MR) is 74.9 cm³/mol. The van der Waals surface area contributed by atoms with Crippen molar-refractivity contribution in [2.24, 2.45) is 4.99 Å². The van der Waals surface area contributed by atoms with Crippen LogP contribution in [0.4, 0.5) is 0 Å². The lowest BCUT2D eigenvalue weighted by atomic mass is 10.1. The molecule has 1 aromatic carbocycles. The topological polar surface area (TPSA) is 12.4 Å². The first-order valence-corrected chi connectivity index (χ1v) is 5.62. The van der Waals surface area contributed by atoms with E-state index in [4.69, 9.17) is 0 Å². The summed E-state index contributed by atoms with van der Waals surface area (Å²) in [5.41, 5.74) is 4.34. The summed E-state index contributed by atoms with van der Waals surface area (Å²) in [7, 11) is 0. The summed E-state index contributed by atoms with van der Waals surface area (Å²) in [5, 5.41) is 0. The molecular formula is C16H15N. The quantitative estimate of drug-likeness (QED) is 0.710. The summed E-state index contributed by atoms with van der Waals surface area (Å²) in [4.78, 5) is 4.46. The summed E-state index contributed by atoms with van der Waals surface area (Å²) in [6.45, 7) is 5.77. The summed E-state index contributed by atoms with van der Waals surface area (Å²) >= 11 is 0. The smallest absolute Gasteiger partial charge is 0.0444 e. The Morgan fingerprint density at radius 1 is 1.18 bits per heavy atom. The molecule has 1 nitrogen and oxygen atoms in total. The maximum absolute atomic E-state index is 4.46. The highest BCUT2D eigenvalue weighted by Crippen LogP contribution is 2.17. The molecule has 1 heteroatoms. The monoisotopic (exact) mass is 221 g/mol. The first-order chi connectivity index (χ1) is 8.31. The molecule has 0 aromatic heterocycles. The first kappa shape index (κ1) is 11.3. The van der Waals surface area contributed by atoms with Crippen LogP contribution in [0.3, 0.4) is 0 Å². The Morgan fingerprint density at radius 2 is 1.94 bits per heavy atom. The number of benzene rings is 1. The van der Waals surface area contributed by atoms with Gasteiger partial charge >= 0.3 is 0 Å². The van der Waals surface area contributed by atoms with Gasteiger partial charge in [-0.05, 0) is 23.6 Å². The van der Waals surface area contributed by atoms with Crippen molar-refractivity contribution in [2.45, 2.75) is 6.92 Å². The minimum atomic E-state index is 0.984. The van der Waals surface area contributed by atoms with Gasteiger partial charge in [0.1, 0.15) is 0 Å². The second kappa shape index (κ2) is 5.26. The minimum absolute atomic E-state index is 0.984. The van der Waals surface area contributed by atoms with E-state index in [0.717, 1.165) is 16.8 Å². The van der Waals surface area contributed by atoms with Crippen LogP contribution in [-0.2, 0) is 0 Å². The summed E-state index contributed by atoms with van der Waals surface area (Å²) < 4.78 is 0. The zero-order valence-corrected chi connectivity index (χ0v) is 9.93. The normalized spacial score (nSPS) is 26.3. The Hall–Kier alpha value is -2.15. The van der Waals surface area contributed by atoms with Gasteiger partial charge in [-0.25, -0.2) is 0 Å². The summed E-state index contributed by atoms with van der Waals surface area (Å²) in [6.07, 6.45) is 9.85. The zero-order valence-electron chi connectivity index (χ0n) is 9.93. The Bertz CT molecular complexity index is 528. The van der Waals surface area contributed by atoms with E-state index in [-0.39, 0.29) is 0 Å². The van der Waals surface area contributed by atoms with Gasteiger partial charge < -0.3 is 0 Å². The van der Waals surface area contributed by atoms with Gasteiger partial charge in [0, 0.05) is 11.9 Å². The van der Waals surface area contributed by atoms with E-state index in [0.29, 0.717) is 0 Å². The van der Waals surface area contributed by atoms with Crippen molar-refractivity contribution < 1.29 is 0 Å². The molecule has 1 heterocycles. The molecule has 0 spiro atoms. The van der Waals surface area contributed by atoms with Crippen molar-refractivity contribution >= 4 is 11.8 Å². The van der Waals surface area contributed by atoms with Gasteiger partial charge in [0.15, 0.2) is 0 Å². The number of allylic oxidation sites excluding steroid dienone is 7. The van der Waals surface area contributed by atoms with Crippen LogP contribution >= 0.6 is 0 Å². The van der Waals surface area contributed by atoms with Gasteiger partial charge in [-0.1, -0.05) is 61.2 Å². The van der Waals surface area contributed by atoms with Crippen LogP contribution in [0.1, 0.15) is 12.5 Å². The lowest BCUT2D eigenvalue weighted by Gasteiger charge is -2.05. The Labute approximate surface area is 102 Å². The zero-order chi connectivity index (χ0) is 12.1. The second-order valence-electron chi connectivity index (χ2n) is 3.85. The molecule has 0 unspecified atom stereocenters. The van der Waals surface area contributed by atoms with E-state index in [1.807, 2.05) is 49.6 Å². The van der Waals surface area contributed by atoms with Crippen LogP contribution in [-0.4, -0.2) is 6.21 Å². The number of hydrogen-bond acceptors (Lipinski definition) is 1. The van der Waals surface area contributed by atoms with Crippen molar-refractivity contribution in [3.8, 4) is 0 Å². The van der Waals surface area contributed by atoms with Gasteiger partial charge in [-0.2, -0.15) is 0 Å². The maximum Gasteiger partial charge on any atom is 0.0444 e. The molecule has 0 bridgehead atoms. The van der Waals surface area contributed by atoms with E-state index >= 15 is 0 Å². The van der Waals surface area contributed by atoms with E-state index in [1.165, 1.54) is 5.56 Å². The number of nitrogens with zero attached hydrogens (tertiary/aromatic N) is 1. The summed E-state index contributed by atoms with van der Waals surface area (Å²) in [5.74, 6) is 0. The van der Waals surface area contributed by atoms with Crippen LogP contribution in [0.15, 0.2) is 77.5 Å². The highest BCUT2D eigenvalue weighted by molar-refractivity contribution is 6.10. The largest absolute Gasteiger partial charge is 0.260 e. The molecule has 0 aliphatic carbocycles. The van der Waals surface area contributed by atoms with E-state index < -0.39 is 0 Å². The summed E-state index contributed by atoms with van der Waals surface area (Å²) in [6, 6.07) is 10.2. The third kappa shape index (κ3) is 2.70. The van der Waals surface area contributed by atoms with Crippen molar-refractivity contribution in [2.75, 3.05) is 0 Å². The minimum Gasteiger partial charge on any atom is -0.260 e. The molecule has 2 rings (SSSR count). The number of rotatable bonds is 2. The molecule has 0 saturated heterocycles. The predicted octanol–water partition coefficient (Wildman–Crippen LogP) is 4.17. The second-order valence-corrected chi connectivity index (χ2v) is 3.85. The molecule has 0 fully saturated rings. The fraction of sp³-hybridized carbons (Fsp3) is 0.0625. The van der Waals surface area contributed by atoms with Crippen LogP contribution in [0.25, 0.3) is 5.57 Å². The van der Waals surface area contributed by atoms with Gasteiger partial charge in [-0.3, -0.25) is 4.99 Å². The van der Waals surface area contributed by atoms with Crippen LogP contribution in [0, 0.1) is 0 Å². The van der Waals surface area contributed by atoms with Crippen molar-refractivity contribution in [3.63, 3.8) is 0 Å². The van der Waals surface area contributed by atoms with Crippen LogP contribution in [0.5, 0.6) is 0 Å². The fourth-order valence-corrected chi connectivity index (χ4v) is 1.68. The molecule has 0 amide bonds. The van der Waals surface area contributed by atoms with Crippen molar-refractivity contribution in [1.29, 1.82) is 0 Å². The molecule has 1 aliphatic rings. The standard InChI is InChI=1S/C16H15N/c1-3-14-10-7-11-16(12-17-13(14)2)15-8-5-4-6-9-15/h3-12H,1H2,2H3/b10-7+,11-7?,14-10?,14-13-,16-11-,16-12?,17-12-,17-13?. The average molecular weight is 221 g/mol. The third-order valence-electron chi connectivity index (χ3n) is 2.69. The average Bonchev–Trinajstić information content (AvgIpc) is 2.36. The lowest BCUT2D eigenvalue weighted by Crippen LogP contribution is -1.89. The number of aliphatic imine (C=N–C) groups is 1. The molecular weight excluding hydrogens is 206 g/mol. The maximum atomic E-state index is 4.46. The van der Waals surface area contributed by atoms with Gasteiger partial charge in [-0.15, -0.1) is 0 Å². The Kier molecular flexibility index (Phi) is 3.51. The highest BCUT2D eigenvalue weighted by atomic mass is 14.7. The van der Waals surface area contributed by atoms with Crippen LogP contribution in [0.2, 0.25) is 0 Å². The first-order valence-electron chi connectivity index (χ1n) is 5.62. The third-order valence-corrected chi connectivity index (χ3v) is 2.69. The van der Waals surface area contributed by atoms with Crippen LogP contribution < -0.4 is 0 Å². The molecule has 0 N–H and O–H groups in total. The SMILES string of the molecule is C=CC1=C(C)/N=C\C(c2ccccc2)=C\C=C\1.